The Morgan fingerprint density at radius 2 is 1.76 bits per heavy atom. The fourth-order valence-corrected chi connectivity index (χ4v) is 1.67. The molecule has 0 atom stereocenters. The van der Waals surface area contributed by atoms with Gasteiger partial charge in [-0.3, -0.25) is 4.79 Å². The number of nitrogens with zero attached hydrogens (tertiary/aromatic N) is 1. The third-order valence-corrected chi connectivity index (χ3v) is 2.85. The second-order valence-electron chi connectivity index (χ2n) is 5.05. The first-order valence-electron chi connectivity index (χ1n) is 7.47. The molecule has 116 valence electrons. The summed E-state index contributed by atoms with van der Waals surface area (Å²) in [5.41, 5.74) is 1.17. The van der Waals surface area contributed by atoms with Crippen molar-refractivity contribution in [1.29, 1.82) is 0 Å². The fourth-order valence-electron chi connectivity index (χ4n) is 1.67. The minimum Gasteiger partial charge on any atom is -0.357 e. The Hall–Kier alpha value is -2.04. The maximum absolute atomic E-state index is 11.4. The highest BCUT2D eigenvalue weighted by Crippen LogP contribution is 1.99. The molecule has 0 aromatic heterocycles. The minimum absolute atomic E-state index is 0.0185. The first-order chi connectivity index (χ1) is 10.1. The van der Waals surface area contributed by atoms with Crippen molar-refractivity contribution in [3.63, 3.8) is 0 Å². The predicted molar refractivity (Wildman–Crippen MR) is 87.1 cm³/mol. The molecule has 0 aliphatic carbocycles. The monoisotopic (exact) mass is 290 g/mol. The average Bonchev–Trinajstić information content (AvgIpc) is 2.49. The van der Waals surface area contributed by atoms with Crippen LogP contribution in [0, 0.1) is 5.92 Å². The van der Waals surface area contributed by atoms with Gasteiger partial charge in [0.05, 0.1) is 6.54 Å². The van der Waals surface area contributed by atoms with Crippen molar-refractivity contribution in [3.05, 3.63) is 35.9 Å². The molecule has 1 amide bonds. The van der Waals surface area contributed by atoms with Crippen LogP contribution in [0.15, 0.2) is 35.3 Å². The molecule has 0 saturated heterocycles. The van der Waals surface area contributed by atoms with Crippen LogP contribution < -0.4 is 16.0 Å². The Morgan fingerprint density at radius 1 is 1.10 bits per heavy atom. The number of rotatable bonds is 7. The van der Waals surface area contributed by atoms with Gasteiger partial charge in [0.15, 0.2) is 5.96 Å². The highest BCUT2D eigenvalue weighted by Gasteiger charge is 2.05. The number of amides is 1. The van der Waals surface area contributed by atoms with Crippen LogP contribution in [0.3, 0.4) is 0 Å². The summed E-state index contributed by atoms with van der Waals surface area (Å²) in [6, 6.07) is 10.1. The van der Waals surface area contributed by atoms with Gasteiger partial charge < -0.3 is 16.0 Å². The number of carbonyl (C=O) groups excluding carboxylic acids is 1. The second kappa shape index (κ2) is 9.80. The number of benzene rings is 1. The first-order valence-corrected chi connectivity index (χ1v) is 7.47. The van der Waals surface area contributed by atoms with E-state index >= 15 is 0 Å². The van der Waals surface area contributed by atoms with Crippen molar-refractivity contribution in [1.82, 2.24) is 16.0 Å². The standard InChI is InChI=1S/C16H26N4O/c1-4-17-16(19-11-10-18-15(21)13(2)3)20-12-14-8-6-5-7-9-14/h5-9,13H,4,10-12H2,1-3H3,(H,18,21)(H2,17,19,20). The molecule has 5 heteroatoms. The Balaban J connectivity index is 2.37. The van der Waals surface area contributed by atoms with Gasteiger partial charge >= 0.3 is 0 Å². The van der Waals surface area contributed by atoms with E-state index in [2.05, 4.69) is 33.1 Å². The lowest BCUT2D eigenvalue weighted by Gasteiger charge is -2.12. The summed E-state index contributed by atoms with van der Waals surface area (Å²) < 4.78 is 0. The van der Waals surface area contributed by atoms with Gasteiger partial charge in [-0.15, -0.1) is 0 Å². The van der Waals surface area contributed by atoms with E-state index in [0.717, 1.165) is 12.5 Å². The molecule has 0 radical (unpaired) electrons. The first kappa shape index (κ1) is 17.0. The molecular formula is C16H26N4O. The van der Waals surface area contributed by atoms with Crippen molar-refractivity contribution in [2.45, 2.75) is 27.3 Å². The number of guanidine groups is 1. The number of hydrogen-bond acceptors (Lipinski definition) is 2. The second-order valence-corrected chi connectivity index (χ2v) is 5.05. The number of aliphatic imine (C=N–C) groups is 1. The minimum atomic E-state index is 0.0185. The van der Waals surface area contributed by atoms with Crippen LogP contribution in [-0.4, -0.2) is 31.5 Å². The maximum Gasteiger partial charge on any atom is 0.222 e. The molecule has 5 nitrogen and oxygen atoms in total. The normalized spacial score (nSPS) is 11.3. The maximum atomic E-state index is 11.4. The van der Waals surface area contributed by atoms with Gasteiger partial charge in [-0.2, -0.15) is 0 Å². The molecule has 1 aromatic carbocycles. The van der Waals surface area contributed by atoms with Crippen molar-refractivity contribution in [2.24, 2.45) is 10.9 Å². The van der Waals surface area contributed by atoms with Crippen molar-refractivity contribution in [2.75, 3.05) is 19.6 Å². The van der Waals surface area contributed by atoms with Crippen LogP contribution in [0.25, 0.3) is 0 Å². The Bertz CT molecular complexity index is 443. The molecule has 0 heterocycles. The summed E-state index contributed by atoms with van der Waals surface area (Å²) in [6.07, 6.45) is 0. The summed E-state index contributed by atoms with van der Waals surface area (Å²) in [6.45, 7) is 8.47. The zero-order valence-electron chi connectivity index (χ0n) is 13.1. The van der Waals surface area contributed by atoms with Crippen molar-refractivity contribution < 1.29 is 4.79 Å². The van der Waals surface area contributed by atoms with Gasteiger partial charge in [-0.1, -0.05) is 44.2 Å². The average molecular weight is 290 g/mol. The molecule has 0 aliphatic heterocycles. The van der Waals surface area contributed by atoms with E-state index in [-0.39, 0.29) is 11.8 Å². The van der Waals surface area contributed by atoms with Gasteiger partial charge in [-0.25, -0.2) is 4.99 Å². The number of carbonyl (C=O) groups is 1. The Labute approximate surface area is 127 Å². The summed E-state index contributed by atoms with van der Waals surface area (Å²) in [5, 5.41) is 9.27. The van der Waals surface area contributed by atoms with Crippen molar-refractivity contribution in [3.8, 4) is 0 Å². The lowest BCUT2D eigenvalue weighted by Crippen LogP contribution is -2.42. The van der Waals surface area contributed by atoms with Gasteiger partial charge in [-0.05, 0) is 12.5 Å². The van der Waals surface area contributed by atoms with Gasteiger partial charge in [0.2, 0.25) is 5.91 Å². The molecule has 21 heavy (non-hydrogen) atoms. The molecule has 1 aromatic rings. The lowest BCUT2D eigenvalue weighted by atomic mass is 10.2. The number of nitrogens with one attached hydrogen (secondary N) is 3. The molecule has 0 spiro atoms. The van der Waals surface area contributed by atoms with Crippen LogP contribution >= 0.6 is 0 Å². The van der Waals surface area contributed by atoms with E-state index in [9.17, 15) is 4.79 Å². The topological polar surface area (TPSA) is 65.5 Å². The van der Waals surface area contributed by atoms with Crippen LogP contribution in [0.2, 0.25) is 0 Å². The third kappa shape index (κ3) is 7.34. The van der Waals surface area contributed by atoms with Crippen LogP contribution in [0.1, 0.15) is 26.3 Å². The Kier molecular flexibility index (Phi) is 7.94. The summed E-state index contributed by atoms with van der Waals surface area (Å²) in [5.74, 6) is 0.855. The quantitative estimate of drug-likeness (QED) is 0.405. The zero-order chi connectivity index (χ0) is 15.5. The van der Waals surface area contributed by atoms with Gasteiger partial charge in [0.25, 0.3) is 0 Å². The Morgan fingerprint density at radius 3 is 2.38 bits per heavy atom. The fraction of sp³-hybridized carbons (Fsp3) is 0.500. The van der Waals surface area contributed by atoms with E-state index < -0.39 is 0 Å². The molecule has 0 unspecified atom stereocenters. The molecule has 0 aliphatic rings. The molecule has 3 N–H and O–H groups in total. The lowest BCUT2D eigenvalue weighted by molar-refractivity contribution is -0.123. The third-order valence-electron chi connectivity index (χ3n) is 2.85. The van der Waals surface area contributed by atoms with Crippen LogP contribution in [-0.2, 0) is 11.3 Å². The van der Waals surface area contributed by atoms with E-state index in [1.165, 1.54) is 5.56 Å². The van der Waals surface area contributed by atoms with Gasteiger partial charge in [0.1, 0.15) is 0 Å². The smallest absolute Gasteiger partial charge is 0.222 e. The predicted octanol–water partition coefficient (Wildman–Crippen LogP) is 1.51. The van der Waals surface area contributed by atoms with E-state index in [1.54, 1.807) is 0 Å². The summed E-state index contributed by atoms with van der Waals surface area (Å²) in [7, 11) is 0. The number of hydrogen-bond donors (Lipinski definition) is 3. The van der Waals surface area contributed by atoms with Crippen LogP contribution in [0.5, 0.6) is 0 Å². The van der Waals surface area contributed by atoms with Gasteiger partial charge in [0, 0.05) is 25.6 Å². The molecule has 0 bridgehead atoms. The van der Waals surface area contributed by atoms with Crippen LogP contribution in [0.4, 0.5) is 0 Å². The highest BCUT2D eigenvalue weighted by atomic mass is 16.1. The summed E-state index contributed by atoms with van der Waals surface area (Å²) >= 11 is 0. The highest BCUT2D eigenvalue weighted by molar-refractivity contribution is 5.80. The molecule has 1 rings (SSSR count). The van der Waals surface area contributed by atoms with E-state index in [1.807, 2.05) is 39.0 Å². The van der Waals surface area contributed by atoms with E-state index in [0.29, 0.717) is 19.6 Å². The van der Waals surface area contributed by atoms with Crippen molar-refractivity contribution >= 4 is 11.9 Å². The summed E-state index contributed by atoms with van der Waals surface area (Å²) in [4.78, 5) is 16.0. The largest absolute Gasteiger partial charge is 0.357 e. The zero-order valence-corrected chi connectivity index (χ0v) is 13.1. The molecule has 0 fully saturated rings. The van der Waals surface area contributed by atoms with E-state index in [4.69, 9.17) is 0 Å². The molecular weight excluding hydrogens is 264 g/mol. The SMILES string of the molecule is CCNC(=NCc1ccccc1)NCCNC(=O)C(C)C. The molecule has 0 saturated carbocycles.